The molecule has 1 atom stereocenters. The maximum Gasteiger partial charge on any atom is 0.181 e. The fourth-order valence-corrected chi connectivity index (χ4v) is 3.77. The molecule has 1 aliphatic heterocycles. The number of para-hydroxylation sites is 1. The number of hydrogen-bond donors (Lipinski definition) is 0. The number of sulfone groups is 1. The van der Waals surface area contributed by atoms with E-state index in [1.165, 1.54) is 7.11 Å². The van der Waals surface area contributed by atoms with Gasteiger partial charge in [-0.1, -0.05) is 12.1 Å². The summed E-state index contributed by atoms with van der Waals surface area (Å²) in [6.07, 6.45) is 1.34. The fourth-order valence-electron chi connectivity index (χ4n) is 2.27. The van der Waals surface area contributed by atoms with Crippen molar-refractivity contribution in [2.45, 2.75) is 18.9 Å². The number of Topliss-reactive ketones (excluding diaryl/α,β-unsaturated/α-hetero) is 1. The van der Waals surface area contributed by atoms with E-state index in [0.29, 0.717) is 17.9 Å². The molecule has 1 heterocycles. The molecule has 1 saturated heterocycles. The molecule has 20 heavy (non-hydrogen) atoms. The largest absolute Gasteiger partial charge is 0.496 e. The summed E-state index contributed by atoms with van der Waals surface area (Å²) in [7, 11) is -2.02. The predicted molar refractivity (Wildman–Crippen MR) is 75.0 cm³/mol. The highest BCUT2D eigenvalue weighted by atomic mass is 32.2. The minimum atomic E-state index is -3.47. The Bertz CT molecular complexity index is 573. The van der Waals surface area contributed by atoms with Gasteiger partial charge in [-0.15, -0.1) is 0 Å². The van der Waals surface area contributed by atoms with Crippen LogP contribution in [0.15, 0.2) is 24.3 Å². The van der Waals surface area contributed by atoms with Crippen molar-refractivity contribution in [1.29, 1.82) is 0 Å². The fraction of sp³-hybridized carbons (Fsp3) is 0.500. The molecule has 1 aliphatic rings. The first kappa shape index (κ1) is 15.0. The summed E-state index contributed by atoms with van der Waals surface area (Å²) in [6.45, 7) is 0.598. The first-order chi connectivity index (χ1) is 9.52. The predicted octanol–water partition coefficient (Wildman–Crippen LogP) is 1.47. The maximum atomic E-state index is 12.1. The third-order valence-corrected chi connectivity index (χ3v) is 4.80. The van der Waals surface area contributed by atoms with Crippen LogP contribution in [0.25, 0.3) is 0 Å². The van der Waals surface area contributed by atoms with E-state index in [4.69, 9.17) is 9.47 Å². The van der Waals surface area contributed by atoms with Crippen molar-refractivity contribution in [2.24, 2.45) is 0 Å². The monoisotopic (exact) mass is 298 g/mol. The number of hydrogen-bond acceptors (Lipinski definition) is 5. The van der Waals surface area contributed by atoms with Gasteiger partial charge in [-0.2, -0.15) is 0 Å². The lowest BCUT2D eigenvalue weighted by molar-refractivity contribution is 0.101. The number of benzene rings is 1. The molecule has 0 N–H and O–H groups in total. The molecular formula is C14H18O5S. The SMILES string of the molecule is COc1ccccc1C(=O)CS(=O)(=O)CC1CCCO1. The van der Waals surface area contributed by atoms with Gasteiger partial charge in [-0.3, -0.25) is 4.79 Å². The van der Waals surface area contributed by atoms with E-state index in [1.54, 1.807) is 24.3 Å². The Kier molecular flexibility index (Phi) is 4.77. The van der Waals surface area contributed by atoms with Crippen molar-refractivity contribution >= 4 is 15.6 Å². The van der Waals surface area contributed by atoms with Crippen LogP contribution in [0.1, 0.15) is 23.2 Å². The number of ether oxygens (including phenoxy) is 2. The molecule has 0 spiro atoms. The van der Waals surface area contributed by atoms with Crippen LogP contribution < -0.4 is 4.74 Å². The van der Waals surface area contributed by atoms with E-state index >= 15 is 0 Å². The van der Waals surface area contributed by atoms with Crippen molar-refractivity contribution in [1.82, 2.24) is 0 Å². The van der Waals surface area contributed by atoms with Crippen LogP contribution in [0.5, 0.6) is 5.75 Å². The molecule has 0 saturated carbocycles. The molecule has 110 valence electrons. The lowest BCUT2D eigenvalue weighted by Crippen LogP contribution is -2.26. The van der Waals surface area contributed by atoms with E-state index in [2.05, 4.69) is 0 Å². The van der Waals surface area contributed by atoms with Gasteiger partial charge in [0, 0.05) is 6.61 Å². The molecule has 0 aromatic heterocycles. The Labute approximate surface area is 118 Å². The summed E-state index contributed by atoms with van der Waals surface area (Å²) in [5.74, 6) is -0.647. The van der Waals surface area contributed by atoms with Gasteiger partial charge in [0.25, 0.3) is 0 Å². The van der Waals surface area contributed by atoms with Crippen molar-refractivity contribution in [3.05, 3.63) is 29.8 Å². The Morgan fingerprint density at radius 2 is 2.15 bits per heavy atom. The summed E-state index contributed by atoms with van der Waals surface area (Å²) < 4.78 is 34.4. The van der Waals surface area contributed by atoms with Gasteiger partial charge in [0.1, 0.15) is 11.5 Å². The van der Waals surface area contributed by atoms with Gasteiger partial charge >= 0.3 is 0 Å². The zero-order chi connectivity index (χ0) is 14.6. The lowest BCUT2D eigenvalue weighted by Gasteiger charge is -2.11. The highest BCUT2D eigenvalue weighted by molar-refractivity contribution is 7.92. The van der Waals surface area contributed by atoms with E-state index in [0.717, 1.165) is 12.8 Å². The quantitative estimate of drug-likeness (QED) is 0.744. The van der Waals surface area contributed by atoms with Gasteiger partial charge in [0.15, 0.2) is 15.6 Å². The molecule has 1 unspecified atom stereocenters. The average Bonchev–Trinajstić information content (AvgIpc) is 2.90. The summed E-state index contributed by atoms with van der Waals surface area (Å²) in [6, 6.07) is 6.63. The van der Waals surface area contributed by atoms with Crippen LogP contribution in [-0.2, 0) is 14.6 Å². The number of carbonyl (C=O) groups excluding carboxylic acids is 1. The van der Waals surface area contributed by atoms with Gasteiger partial charge in [-0.25, -0.2) is 8.42 Å². The van der Waals surface area contributed by atoms with Crippen molar-refractivity contribution < 1.29 is 22.7 Å². The van der Waals surface area contributed by atoms with Gasteiger partial charge in [0.2, 0.25) is 0 Å². The normalized spacial score (nSPS) is 18.9. The highest BCUT2D eigenvalue weighted by Crippen LogP contribution is 2.20. The number of ketones is 1. The minimum Gasteiger partial charge on any atom is -0.496 e. The molecule has 0 amide bonds. The Morgan fingerprint density at radius 3 is 2.80 bits per heavy atom. The topological polar surface area (TPSA) is 69.7 Å². The molecule has 1 fully saturated rings. The van der Waals surface area contributed by atoms with Crippen LogP contribution >= 0.6 is 0 Å². The minimum absolute atomic E-state index is 0.0894. The van der Waals surface area contributed by atoms with E-state index < -0.39 is 21.4 Å². The van der Waals surface area contributed by atoms with Gasteiger partial charge in [-0.05, 0) is 25.0 Å². The Hall–Kier alpha value is -1.40. The van der Waals surface area contributed by atoms with E-state index in [-0.39, 0.29) is 11.9 Å². The first-order valence-corrected chi connectivity index (χ1v) is 8.32. The van der Waals surface area contributed by atoms with Crippen molar-refractivity contribution in [3.63, 3.8) is 0 Å². The molecule has 0 radical (unpaired) electrons. The van der Waals surface area contributed by atoms with Crippen LogP contribution in [0.4, 0.5) is 0 Å². The summed E-state index contributed by atoms with van der Waals surface area (Å²) >= 11 is 0. The van der Waals surface area contributed by atoms with Crippen LogP contribution in [0, 0.1) is 0 Å². The molecule has 2 rings (SSSR count). The zero-order valence-electron chi connectivity index (χ0n) is 11.4. The summed E-state index contributed by atoms with van der Waals surface area (Å²) in [4.78, 5) is 12.1. The second-order valence-electron chi connectivity index (χ2n) is 4.81. The summed E-state index contributed by atoms with van der Waals surface area (Å²) in [5.41, 5.74) is 0.297. The third kappa shape index (κ3) is 3.80. The van der Waals surface area contributed by atoms with E-state index in [9.17, 15) is 13.2 Å². The third-order valence-electron chi connectivity index (χ3n) is 3.22. The van der Waals surface area contributed by atoms with E-state index in [1.807, 2.05) is 0 Å². The average molecular weight is 298 g/mol. The maximum absolute atomic E-state index is 12.1. The molecule has 1 aromatic carbocycles. The standard InChI is InChI=1S/C14H18O5S/c1-18-14-7-3-2-6-12(14)13(15)10-20(16,17)9-11-5-4-8-19-11/h2-3,6-7,11H,4-5,8-10H2,1H3. The Balaban J connectivity index is 2.06. The second-order valence-corrected chi connectivity index (χ2v) is 6.92. The molecular weight excluding hydrogens is 280 g/mol. The first-order valence-electron chi connectivity index (χ1n) is 6.50. The number of carbonyl (C=O) groups is 1. The van der Waals surface area contributed by atoms with Crippen LogP contribution in [0.3, 0.4) is 0 Å². The van der Waals surface area contributed by atoms with Crippen molar-refractivity contribution in [3.8, 4) is 5.75 Å². The number of methoxy groups -OCH3 is 1. The zero-order valence-corrected chi connectivity index (χ0v) is 12.2. The van der Waals surface area contributed by atoms with Crippen LogP contribution in [-0.4, -0.2) is 45.5 Å². The van der Waals surface area contributed by atoms with Crippen LogP contribution in [0.2, 0.25) is 0 Å². The van der Waals surface area contributed by atoms with Crippen molar-refractivity contribution in [2.75, 3.05) is 25.2 Å². The molecule has 6 heteroatoms. The smallest absolute Gasteiger partial charge is 0.181 e. The van der Waals surface area contributed by atoms with Gasteiger partial charge < -0.3 is 9.47 Å². The number of rotatable bonds is 6. The molecule has 5 nitrogen and oxygen atoms in total. The highest BCUT2D eigenvalue weighted by Gasteiger charge is 2.26. The Morgan fingerprint density at radius 1 is 1.40 bits per heavy atom. The molecule has 0 bridgehead atoms. The lowest BCUT2D eigenvalue weighted by atomic mass is 10.1. The second kappa shape index (κ2) is 6.37. The summed E-state index contributed by atoms with van der Waals surface area (Å²) in [5, 5.41) is 0. The van der Waals surface area contributed by atoms with Gasteiger partial charge in [0.05, 0.1) is 24.5 Å². The molecule has 1 aromatic rings. The molecule has 0 aliphatic carbocycles.